The van der Waals surface area contributed by atoms with Crippen molar-refractivity contribution in [2.75, 3.05) is 7.11 Å². The summed E-state index contributed by atoms with van der Waals surface area (Å²) in [6.45, 7) is 3.08. The maximum Gasteiger partial charge on any atom is 0.132 e. The molecule has 2 heterocycles. The van der Waals surface area contributed by atoms with Crippen LogP contribution in [0, 0.1) is 0 Å². The van der Waals surface area contributed by atoms with Crippen LogP contribution in [0.3, 0.4) is 0 Å². The molecular weight excluding hydrogens is 282 g/mol. The average Bonchev–Trinajstić information content (AvgIpc) is 3.14. The molecule has 1 unspecified atom stereocenters. The van der Waals surface area contributed by atoms with Gasteiger partial charge in [0.15, 0.2) is 0 Å². The lowest BCUT2D eigenvalue weighted by Crippen LogP contribution is -2.17. The molecule has 0 saturated carbocycles. The van der Waals surface area contributed by atoms with Crippen LogP contribution in [-0.2, 0) is 6.54 Å². The summed E-state index contributed by atoms with van der Waals surface area (Å²) in [5.74, 6) is 1.74. The van der Waals surface area contributed by atoms with E-state index < -0.39 is 0 Å². The second-order valence-corrected chi connectivity index (χ2v) is 5.95. The van der Waals surface area contributed by atoms with Crippen molar-refractivity contribution in [3.8, 4) is 5.75 Å². The molecular formula is C16H19N3OS. The van der Waals surface area contributed by atoms with E-state index in [2.05, 4.69) is 23.6 Å². The maximum atomic E-state index is 6.42. The number of nitrogens with two attached hydrogens (primary N) is 1. The first-order valence-electron chi connectivity index (χ1n) is 7.07. The summed E-state index contributed by atoms with van der Waals surface area (Å²) in [7, 11) is 1.67. The highest BCUT2D eigenvalue weighted by Gasteiger charge is 2.19. The molecule has 4 nitrogen and oxygen atoms in total. The van der Waals surface area contributed by atoms with Crippen molar-refractivity contribution in [2.24, 2.45) is 5.73 Å². The minimum Gasteiger partial charge on any atom is -0.497 e. The molecule has 0 amide bonds. The average molecular weight is 301 g/mol. The van der Waals surface area contributed by atoms with Gasteiger partial charge in [0.05, 0.1) is 24.2 Å². The van der Waals surface area contributed by atoms with Gasteiger partial charge < -0.3 is 15.0 Å². The van der Waals surface area contributed by atoms with Crippen molar-refractivity contribution < 1.29 is 4.74 Å². The lowest BCUT2D eigenvalue weighted by atomic mass is 10.2. The van der Waals surface area contributed by atoms with E-state index in [1.165, 1.54) is 0 Å². The predicted molar refractivity (Wildman–Crippen MR) is 86.9 cm³/mol. The summed E-state index contributed by atoms with van der Waals surface area (Å²) in [6, 6.07) is 9.89. The quantitative estimate of drug-likeness (QED) is 0.784. The van der Waals surface area contributed by atoms with Gasteiger partial charge >= 0.3 is 0 Å². The van der Waals surface area contributed by atoms with E-state index in [0.29, 0.717) is 0 Å². The Morgan fingerprint density at radius 3 is 2.90 bits per heavy atom. The van der Waals surface area contributed by atoms with E-state index in [4.69, 9.17) is 15.5 Å². The predicted octanol–water partition coefficient (Wildman–Crippen LogP) is 3.56. The van der Waals surface area contributed by atoms with Gasteiger partial charge in [-0.3, -0.25) is 0 Å². The number of methoxy groups -OCH3 is 1. The molecule has 0 bridgehead atoms. The summed E-state index contributed by atoms with van der Waals surface area (Å²) >= 11 is 1.67. The first-order valence-corrected chi connectivity index (χ1v) is 7.95. The van der Waals surface area contributed by atoms with E-state index in [1.807, 2.05) is 23.6 Å². The molecule has 3 aromatic rings. The van der Waals surface area contributed by atoms with E-state index in [-0.39, 0.29) is 6.04 Å². The Kier molecular flexibility index (Phi) is 3.94. The third kappa shape index (κ3) is 2.54. The van der Waals surface area contributed by atoms with Gasteiger partial charge in [0.25, 0.3) is 0 Å². The van der Waals surface area contributed by atoms with E-state index >= 15 is 0 Å². The Bertz CT molecular complexity index is 733. The Hall–Kier alpha value is -1.85. The van der Waals surface area contributed by atoms with Gasteiger partial charge in [0, 0.05) is 17.5 Å². The van der Waals surface area contributed by atoms with E-state index in [0.717, 1.165) is 40.5 Å². The summed E-state index contributed by atoms with van der Waals surface area (Å²) in [4.78, 5) is 5.89. The maximum absolute atomic E-state index is 6.42. The van der Waals surface area contributed by atoms with Crippen molar-refractivity contribution in [1.82, 2.24) is 9.55 Å². The molecule has 1 aromatic carbocycles. The fourth-order valence-corrected chi connectivity index (χ4v) is 3.27. The van der Waals surface area contributed by atoms with Crippen molar-refractivity contribution in [3.05, 3.63) is 46.4 Å². The zero-order valence-corrected chi connectivity index (χ0v) is 13.1. The molecule has 2 aromatic heterocycles. The summed E-state index contributed by atoms with van der Waals surface area (Å²) in [5.41, 5.74) is 8.47. The number of fused-ring (bicyclic) bond motifs is 1. The lowest BCUT2D eigenvalue weighted by Gasteiger charge is -2.13. The molecule has 2 N–H and O–H groups in total. The van der Waals surface area contributed by atoms with Gasteiger partial charge in [-0.1, -0.05) is 13.0 Å². The molecule has 0 fully saturated rings. The number of rotatable bonds is 5. The smallest absolute Gasteiger partial charge is 0.132 e. The summed E-state index contributed by atoms with van der Waals surface area (Å²) in [5, 5.41) is 2.05. The number of hydrogen-bond donors (Lipinski definition) is 1. The summed E-state index contributed by atoms with van der Waals surface area (Å²) in [6.07, 6.45) is 1.04. The van der Waals surface area contributed by atoms with Crippen molar-refractivity contribution >= 4 is 22.4 Å². The molecule has 0 aliphatic rings. The topological polar surface area (TPSA) is 53.1 Å². The molecule has 5 heteroatoms. The van der Waals surface area contributed by atoms with Crippen LogP contribution in [0.2, 0.25) is 0 Å². The number of hydrogen-bond acceptors (Lipinski definition) is 4. The third-order valence-electron chi connectivity index (χ3n) is 3.56. The van der Waals surface area contributed by atoms with Crippen LogP contribution in [0.4, 0.5) is 0 Å². The second kappa shape index (κ2) is 5.87. The van der Waals surface area contributed by atoms with Gasteiger partial charge in [0.1, 0.15) is 11.6 Å². The Morgan fingerprint density at radius 2 is 2.24 bits per heavy atom. The van der Waals surface area contributed by atoms with Gasteiger partial charge in [-0.05, 0) is 30.0 Å². The van der Waals surface area contributed by atoms with Crippen LogP contribution in [0.5, 0.6) is 5.75 Å². The zero-order chi connectivity index (χ0) is 14.8. The Labute approximate surface area is 128 Å². The number of ether oxygens (including phenoxy) is 1. The number of imidazole rings is 1. The van der Waals surface area contributed by atoms with Crippen molar-refractivity contribution in [3.63, 3.8) is 0 Å². The molecule has 110 valence electrons. The standard InChI is InChI=1S/C16H19N3OS/c1-3-8-19-13-7-6-11(20-2)10-12(13)18-16(19)15(17)14-5-4-9-21-14/h4-7,9-10,15H,3,8,17H2,1-2H3. The first kappa shape index (κ1) is 14.1. The Morgan fingerprint density at radius 1 is 1.38 bits per heavy atom. The number of benzene rings is 1. The van der Waals surface area contributed by atoms with Gasteiger partial charge in [-0.2, -0.15) is 0 Å². The normalized spacial score (nSPS) is 12.7. The molecule has 21 heavy (non-hydrogen) atoms. The molecule has 0 radical (unpaired) electrons. The van der Waals surface area contributed by atoms with E-state index in [1.54, 1.807) is 18.4 Å². The SMILES string of the molecule is CCCn1c(C(N)c2cccs2)nc2cc(OC)ccc21. The molecule has 1 atom stereocenters. The largest absolute Gasteiger partial charge is 0.497 e. The first-order chi connectivity index (χ1) is 10.2. The highest BCUT2D eigenvalue weighted by atomic mass is 32.1. The molecule has 3 rings (SSSR count). The molecule has 0 spiro atoms. The monoisotopic (exact) mass is 301 g/mol. The number of aryl methyl sites for hydroxylation is 1. The number of thiophene rings is 1. The number of nitrogens with zero attached hydrogens (tertiary/aromatic N) is 2. The van der Waals surface area contributed by atoms with Gasteiger partial charge in [-0.25, -0.2) is 4.98 Å². The van der Waals surface area contributed by atoms with Crippen molar-refractivity contribution in [2.45, 2.75) is 25.9 Å². The van der Waals surface area contributed by atoms with E-state index in [9.17, 15) is 0 Å². The van der Waals surface area contributed by atoms with Crippen LogP contribution in [0.25, 0.3) is 11.0 Å². The van der Waals surface area contributed by atoms with Gasteiger partial charge in [0.2, 0.25) is 0 Å². The van der Waals surface area contributed by atoms with Crippen LogP contribution in [0.1, 0.15) is 30.1 Å². The third-order valence-corrected chi connectivity index (χ3v) is 4.52. The fourth-order valence-electron chi connectivity index (χ4n) is 2.55. The summed E-state index contributed by atoms with van der Waals surface area (Å²) < 4.78 is 7.51. The molecule has 0 aliphatic carbocycles. The van der Waals surface area contributed by atoms with Crippen LogP contribution < -0.4 is 10.5 Å². The fraction of sp³-hybridized carbons (Fsp3) is 0.312. The molecule has 0 aliphatic heterocycles. The van der Waals surface area contributed by atoms with Crippen LogP contribution in [-0.4, -0.2) is 16.7 Å². The highest BCUT2D eigenvalue weighted by molar-refractivity contribution is 7.10. The highest BCUT2D eigenvalue weighted by Crippen LogP contribution is 2.28. The molecule has 0 saturated heterocycles. The Balaban J connectivity index is 2.14. The van der Waals surface area contributed by atoms with Crippen LogP contribution in [0.15, 0.2) is 35.7 Å². The van der Waals surface area contributed by atoms with Crippen molar-refractivity contribution in [1.29, 1.82) is 0 Å². The number of aromatic nitrogens is 2. The minimum absolute atomic E-state index is 0.185. The minimum atomic E-state index is -0.185. The van der Waals surface area contributed by atoms with Crippen LogP contribution >= 0.6 is 11.3 Å². The second-order valence-electron chi connectivity index (χ2n) is 4.97. The lowest BCUT2D eigenvalue weighted by molar-refractivity contribution is 0.415. The zero-order valence-electron chi connectivity index (χ0n) is 12.2. The van der Waals surface area contributed by atoms with Gasteiger partial charge in [-0.15, -0.1) is 11.3 Å².